The van der Waals surface area contributed by atoms with Gasteiger partial charge in [-0.1, -0.05) is 6.08 Å². The van der Waals surface area contributed by atoms with Crippen LogP contribution < -0.4 is 10.2 Å². The number of aliphatic carboxylic acids is 1. The summed E-state index contributed by atoms with van der Waals surface area (Å²) >= 11 is 0. The van der Waals surface area contributed by atoms with Gasteiger partial charge in [0.15, 0.2) is 6.04 Å². The number of carbonyl (C=O) groups is 3. The third kappa shape index (κ3) is 4.42. The Hall–Kier alpha value is -2.67. The number of nitrogens with one attached hydrogen (secondary N) is 1. The first-order valence-corrected chi connectivity index (χ1v) is 7.65. The number of rotatable bonds is 8. The molecule has 1 aliphatic heterocycles. The molecule has 1 saturated heterocycles. The van der Waals surface area contributed by atoms with E-state index in [0.29, 0.717) is 18.5 Å². The van der Waals surface area contributed by atoms with Gasteiger partial charge < -0.3 is 20.1 Å². The third-order valence-electron chi connectivity index (χ3n) is 3.64. The fourth-order valence-corrected chi connectivity index (χ4v) is 2.40. The first-order chi connectivity index (χ1) is 11.5. The molecule has 2 amide bonds. The number of nitrogens with zero attached hydrogens (tertiary/aromatic N) is 1. The van der Waals surface area contributed by atoms with Crippen LogP contribution in [0.1, 0.15) is 23.2 Å². The van der Waals surface area contributed by atoms with E-state index in [1.54, 1.807) is 29.2 Å². The quantitative estimate of drug-likeness (QED) is 0.551. The SMILES string of the molecule is C=CCOCC(NC(=O)c1ccc(N2CCCC2=O)cc1)C(=O)O. The summed E-state index contributed by atoms with van der Waals surface area (Å²) < 4.78 is 5.08. The van der Waals surface area contributed by atoms with Crippen LogP contribution in [0.15, 0.2) is 36.9 Å². The highest BCUT2D eigenvalue weighted by molar-refractivity contribution is 5.98. The zero-order chi connectivity index (χ0) is 17.5. The molecule has 0 aliphatic carbocycles. The number of amides is 2. The number of carboxylic acids is 1. The Morgan fingerprint density at radius 3 is 2.62 bits per heavy atom. The molecule has 128 valence electrons. The summed E-state index contributed by atoms with van der Waals surface area (Å²) in [6.07, 6.45) is 2.86. The van der Waals surface area contributed by atoms with E-state index in [1.165, 1.54) is 6.08 Å². The first kappa shape index (κ1) is 17.7. The summed E-state index contributed by atoms with van der Waals surface area (Å²) in [6.45, 7) is 4.20. The van der Waals surface area contributed by atoms with E-state index in [1.807, 2.05) is 0 Å². The number of hydrogen-bond acceptors (Lipinski definition) is 4. The Bertz CT molecular complexity index is 626. The van der Waals surface area contributed by atoms with Crippen LogP contribution in [0.3, 0.4) is 0 Å². The van der Waals surface area contributed by atoms with E-state index in [0.717, 1.165) is 12.1 Å². The molecular formula is C17H20N2O5. The molecule has 0 radical (unpaired) electrons. The number of anilines is 1. The highest BCUT2D eigenvalue weighted by Crippen LogP contribution is 2.21. The zero-order valence-corrected chi connectivity index (χ0v) is 13.2. The van der Waals surface area contributed by atoms with Crippen LogP contribution in [0.25, 0.3) is 0 Å². The number of carboxylic acid groups (broad SMARTS) is 1. The van der Waals surface area contributed by atoms with Crippen molar-refractivity contribution in [3.05, 3.63) is 42.5 Å². The average molecular weight is 332 g/mol. The lowest BCUT2D eigenvalue weighted by molar-refractivity contribution is -0.140. The minimum Gasteiger partial charge on any atom is -0.480 e. The minimum atomic E-state index is -1.17. The monoisotopic (exact) mass is 332 g/mol. The van der Waals surface area contributed by atoms with Crippen molar-refractivity contribution in [2.24, 2.45) is 0 Å². The van der Waals surface area contributed by atoms with Gasteiger partial charge >= 0.3 is 5.97 Å². The topological polar surface area (TPSA) is 95.9 Å². The van der Waals surface area contributed by atoms with Gasteiger partial charge in [0, 0.05) is 24.2 Å². The molecule has 0 saturated carbocycles. The molecule has 1 unspecified atom stereocenters. The molecule has 2 rings (SSSR count). The summed E-state index contributed by atoms with van der Waals surface area (Å²) in [7, 11) is 0. The standard InChI is InChI=1S/C17H20N2O5/c1-2-10-24-11-14(17(22)23)18-16(21)12-5-7-13(8-6-12)19-9-3-4-15(19)20/h2,5-8,14H,1,3-4,9-11H2,(H,18,21)(H,22,23). The molecule has 2 N–H and O–H groups in total. The normalized spacial score (nSPS) is 15.2. The first-order valence-electron chi connectivity index (χ1n) is 7.65. The van der Waals surface area contributed by atoms with Gasteiger partial charge in [0.1, 0.15) is 0 Å². The van der Waals surface area contributed by atoms with E-state index >= 15 is 0 Å². The molecule has 0 spiro atoms. The van der Waals surface area contributed by atoms with Crippen LogP contribution >= 0.6 is 0 Å². The van der Waals surface area contributed by atoms with Crippen molar-refractivity contribution in [2.45, 2.75) is 18.9 Å². The van der Waals surface area contributed by atoms with Crippen molar-refractivity contribution in [3.8, 4) is 0 Å². The van der Waals surface area contributed by atoms with Gasteiger partial charge in [-0.15, -0.1) is 6.58 Å². The third-order valence-corrected chi connectivity index (χ3v) is 3.64. The molecule has 0 aromatic heterocycles. The van der Waals surface area contributed by atoms with Crippen molar-refractivity contribution < 1.29 is 24.2 Å². The molecule has 1 aliphatic rings. The maximum Gasteiger partial charge on any atom is 0.328 e. The molecule has 1 heterocycles. The molecule has 24 heavy (non-hydrogen) atoms. The lowest BCUT2D eigenvalue weighted by Crippen LogP contribution is -2.44. The maximum absolute atomic E-state index is 12.2. The molecule has 7 heteroatoms. The second-order valence-electron chi connectivity index (χ2n) is 5.39. The van der Waals surface area contributed by atoms with Crippen molar-refractivity contribution in [1.29, 1.82) is 0 Å². The van der Waals surface area contributed by atoms with Crippen LogP contribution in [-0.4, -0.2) is 48.7 Å². The van der Waals surface area contributed by atoms with Crippen molar-refractivity contribution in [3.63, 3.8) is 0 Å². The summed E-state index contributed by atoms with van der Waals surface area (Å²) in [5.41, 5.74) is 1.05. The fraction of sp³-hybridized carbons (Fsp3) is 0.353. The van der Waals surface area contributed by atoms with Crippen LogP contribution in [-0.2, 0) is 14.3 Å². The van der Waals surface area contributed by atoms with Crippen molar-refractivity contribution in [2.75, 3.05) is 24.7 Å². The lowest BCUT2D eigenvalue weighted by Gasteiger charge is -2.17. The van der Waals surface area contributed by atoms with Crippen molar-refractivity contribution in [1.82, 2.24) is 5.32 Å². The second kappa shape index (κ2) is 8.26. The maximum atomic E-state index is 12.2. The van der Waals surface area contributed by atoms with E-state index < -0.39 is 17.9 Å². The average Bonchev–Trinajstić information content (AvgIpc) is 3.00. The molecule has 0 bridgehead atoms. The number of carbonyl (C=O) groups excluding carboxylic acids is 2. The summed E-state index contributed by atoms with van der Waals surface area (Å²) in [5, 5.41) is 11.5. The van der Waals surface area contributed by atoms with Gasteiger partial charge in [-0.25, -0.2) is 4.79 Å². The molecule has 7 nitrogen and oxygen atoms in total. The van der Waals surface area contributed by atoms with E-state index in [2.05, 4.69) is 11.9 Å². The Kier molecular flexibility index (Phi) is 6.08. The van der Waals surface area contributed by atoms with Gasteiger partial charge in [-0.3, -0.25) is 9.59 Å². The van der Waals surface area contributed by atoms with Crippen LogP contribution in [0.2, 0.25) is 0 Å². The smallest absolute Gasteiger partial charge is 0.328 e. The molecule has 1 aromatic rings. The Balaban J connectivity index is 1.99. The van der Waals surface area contributed by atoms with Crippen LogP contribution in [0, 0.1) is 0 Å². The van der Waals surface area contributed by atoms with Gasteiger partial charge in [0.2, 0.25) is 5.91 Å². The molecule has 1 atom stereocenters. The second-order valence-corrected chi connectivity index (χ2v) is 5.39. The minimum absolute atomic E-state index is 0.0671. The highest BCUT2D eigenvalue weighted by atomic mass is 16.5. The number of ether oxygens (including phenoxy) is 1. The Morgan fingerprint density at radius 1 is 1.38 bits per heavy atom. The summed E-state index contributed by atoms with van der Waals surface area (Å²) in [6, 6.07) is 5.36. The van der Waals surface area contributed by atoms with Gasteiger partial charge in [0.05, 0.1) is 13.2 Å². The van der Waals surface area contributed by atoms with Crippen molar-refractivity contribution >= 4 is 23.5 Å². The predicted octanol–water partition coefficient (Wildman–Crippen LogP) is 1.20. The van der Waals surface area contributed by atoms with Gasteiger partial charge in [0.25, 0.3) is 5.91 Å². The van der Waals surface area contributed by atoms with Crippen LogP contribution in [0.4, 0.5) is 5.69 Å². The molecule has 1 aromatic carbocycles. The molecule has 1 fully saturated rings. The lowest BCUT2D eigenvalue weighted by atomic mass is 10.1. The van der Waals surface area contributed by atoms with E-state index in [9.17, 15) is 14.4 Å². The predicted molar refractivity (Wildman–Crippen MR) is 87.9 cm³/mol. The fourth-order valence-electron chi connectivity index (χ4n) is 2.40. The van der Waals surface area contributed by atoms with E-state index in [4.69, 9.17) is 9.84 Å². The van der Waals surface area contributed by atoms with Crippen LogP contribution in [0.5, 0.6) is 0 Å². The molecular weight excluding hydrogens is 312 g/mol. The van der Waals surface area contributed by atoms with Gasteiger partial charge in [-0.05, 0) is 30.7 Å². The Morgan fingerprint density at radius 2 is 2.08 bits per heavy atom. The zero-order valence-electron chi connectivity index (χ0n) is 13.2. The number of hydrogen-bond donors (Lipinski definition) is 2. The highest BCUT2D eigenvalue weighted by Gasteiger charge is 2.23. The number of benzene rings is 1. The largest absolute Gasteiger partial charge is 0.480 e. The Labute approximate surface area is 139 Å². The summed E-state index contributed by atoms with van der Waals surface area (Å²) in [5.74, 6) is -1.62. The summed E-state index contributed by atoms with van der Waals surface area (Å²) in [4.78, 5) is 36.7. The van der Waals surface area contributed by atoms with E-state index in [-0.39, 0.29) is 19.1 Å². The van der Waals surface area contributed by atoms with Gasteiger partial charge in [-0.2, -0.15) is 0 Å².